The van der Waals surface area contributed by atoms with Crippen molar-refractivity contribution in [3.05, 3.63) is 46.0 Å². The van der Waals surface area contributed by atoms with Crippen LogP contribution in [0.3, 0.4) is 0 Å². The van der Waals surface area contributed by atoms with Crippen molar-refractivity contribution < 1.29 is 10.0 Å². The Morgan fingerprint density at radius 1 is 1.27 bits per heavy atom. The van der Waals surface area contributed by atoms with E-state index in [4.69, 9.17) is 0 Å². The summed E-state index contributed by atoms with van der Waals surface area (Å²) in [6.45, 7) is 3.21. The van der Waals surface area contributed by atoms with Crippen molar-refractivity contribution in [3.8, 4) is 0 Å². The van der Waals surface area contributed by atoms with Crippen LogP contribution in [-0.4, -0.2) is 22.2 Å². The number of hydrogen-bond acceptors (Lipinski definition) is 3. The van der Waals surface area contributed by atoms with E-state index in [1.807, 2.05) is 30.3 Å². The molecule has 0 amide bonds. The molecule has 0 spiro atoms. The zero-order valence-corrected chi connectivity index (χ0v) is 8.83. The van der Waals surface area contributed by atoms with Crippen molar-refractivity contribution in [1.82, 2.24) is 0 Å². The summed E-state index contributed by atoms with van der Waals surface area (Å²) in [4.78, 5) is 10.1. The summed E-state index contributed by atoms with van der Waals surface area (Å²) in [6.07, 6.45) is -0.956. The fourth-order valence-electron chi connectivity index (χ4n) is 1.50. The van der Waals surface area contributed by atoms with Gasteiger partial charge in [-0.1, -0.05) is 37.3 Å². The highest BCUT2D eigenvalue weighted by atomic mass is 16.6. The monoisotopic (exact) mass is 209 g/mol. The molecular formula is C11H15NO3. The molecule has 0 aliphatic carbocycles. The summed E-state index contributed by atoms with van der Waals surface area (Å²) in [7, 11) is 0. The van der Waals surface area contributed by atoms with Gasteiger partial charge in [-0.3, -0.25) is 10.1 Å². The molecule has 1 aromatic rings. The van der Waals surface area contributed by atoms with Gasteiger partial charge in [0.15, 0.2) is 0 Å². The zero-order valence-electron chi connectivity index (χ0n) is 8.83. The predicted molar refractivity (Wildman–Crippen MR) is 57.3 cm³/mol. The second kappa shape index (κ2) is 4.89. The van der Waals surface area contributed by atoms with Gasteiger partial charge in [0, 0.05) is 17.8 Å². The molecule has 3 atom stereocenters. The Kier molecular flexibility index (Phi) is 3.80. The van der Waals surface area contributed by atoms with Gasteiger partial charge in [0.2, 0.25) is 6.04 Å². The lowest BCUT2D eigenvalue weighted by Crippen LogP contribution is -2.34. The summed E-state index contributed by atoms with van der Waals surface area (Å²) < 4.78 is 0. The molecule has 0 saturated carbocycles. The minimum atomic E-state index is -0.956. The normalized spacial score (nSPS) is 16.7. The molecule has 1 aromatic carbocycles. The van der Waals surface area contributed by atoms with Gasteiger partial charge in [-0.2, -0.15) is 0 Å². The van der Waals surface area contributed by atoms with Crippen LogP contribution in [0.1, 0.15) is 25.3 Å². The second-order valence-electron chi connectivity index (χ2n) is 3.72. The van der Waals surface area contributed by atoms with Gasteiger partial charge >= 0.3 is 0 Å². The van der Waals surface area contributed by atoms with Crippen LogP contribution in [0.4, 0.5) is 0 Å². The molecule has 0 radical (unpaired) electrons. The van der Waals surface area contributed by atoms with Crippen molar-refractivity contribution in [3.63, 3.8) is 0 Å². The van der Waals surface area contributed by atoms with E-state index in [-0.39, 0.29) is 5.92 Å². The minimum Gasteiger partial charge on any atom is -0.385 e. The average molecular weight is 209 g/mol. The van der Waals surface area contributed by atoms with Crippen LogP contribution in [0.2, 0.25) is 0 Å². The van der Waals surface area contributed by atoms with Crippen LogP contribution >= 0.6 is 0 Å². The van der Waals surface area contributed by atoms with E-state index in [9.17, 15) is 15.2 Å². The van der Waals surface area contributed by atoms with Crippen LogP contribution in [-0.2, 0) is 0 Å². The van der Waals surface area contributed by atoms with E-state index in [1.54, 1.807) is 6.92 Å². The molecular weight excluding hydrogens is 194 g/mol. The predicted octanol–water partition coefficient (Wildman–Crippen LogP) is 1.82. The Hall–Kier alpha value is -1.42. The number of hydrogen-bond donors (Lipinski definition) is 1. The Bertz CT molecular complexity index is 326. The number of nitro groups is 1. The van der Waals surface area contributed by atoms with Crippen molar-refractivity contribution in [2.24, 2.45) is 0 Å². The lowest BCUT2D eigenvalue weighted by molar-refractivity contribution is -0.530. The molecule has 0 fully saturated rings. The Morgan fingerprint density at radius 3 is 2.27 bits per heavy atom. The summed E-state index contributed by atoms with van der Waals surface area (Å²) in [5.41, 5.74) is 0.915. The second-order valence-corrected chi connectivity index (χ2v) is 3.72. The highest BCUT2D eigenvalue weighted by molar-refractivity contribution is 5.20. The average Bonchev–Trinajstić information content (AvgIpc) is 2.27. The molecule has 15 heavy (non-hydrogen) atoms. The van der Waals surface area contributed by atoms with E-state index in [0.29, 0.717) is 0 Å². The summed E-state index contributed by atoms with van der Waals surface area (Å²) in [5.74, 6) is -0.230. The van der Waals surface area contributed by atoms with Crippen LogP contribution in [0, 0.1) is 10.1 Å². The first-order valence-electron chi connectivity index (χ1n) is 4.90. The number of nitrogens with zero attached hydrogens (tertiary/aromatic N) is 1. The Labute approximate surface area is 88.7 Å². The molecule has 0 bridgehead atoms. The SMILES string of the molecule is CC(c1ccccc1)C(O)C(C)[N+](=O)[O-]. The standard InChI is InChI=1S/C11H15NO3/c1-8(10-6-4-3-5-7-10)11(13)9(2)12(14)15/h3-9,11,13H,1-2H3. The number of aliphatic hydroxyl groups is 1. The van der Waals surface area contributed by atoms with Crippen LogP contribution < -0.4 is 0 Å². The van der Waals surface area contributed by atoms with Gasteiger partial charge < -0.3 is 5.11 Å². The van der Waals surface area contributed by atoms with Gasteiger partial charge in [0.05, 0.1) is 0 Å². The molecule has 4 nitrogen and oxygen atoms in total. The van der Waals surface area contributed by atoms with Crippen LogP contribution in [0.15, 0.2) is 30.3 Å². The maximum Gasteiger partial charge on any atom is 0.236 e. The molecule has 3 unspecified atom stereocenters. The van der Waals surface area contributed by atoms with Crippen molar-refractivity contribution in [2.45, 2.75) is 31.9 Å². The third-order valence-electron chi connectivity index (χ3n) is 2.66. The summed E-state index contributed by atoms with van der Waals surface area (Å²) in [6, 6.07) is 8.37. The van der Waals surface area contributed by atoms with Crippen molar-refractivity contribution in [2.75, 3.05) is 0 Å². The Morgan fingerprint density at radius 2 is 1.80 bits per heavy atom. The first-order chi connectivity index (χ1) is 7.04. The maximum absolute atomic E-state index is 10.5. The van der Waals surface area contributed by atoms with E-state index >= 15 is 0 Å². The third kappa shape index (κ3) is 2.76. The van der Waals surface area contributed by atoms with Crippen molar-refractivity contribution in [1.29, 1.82) is 0 Å². The van der Waals surface area contributed by atoms with E-state index in [2.05, 4.69) is 0 Å². The highest BCUT2D eigenvalue weighted by Gasteiger charge is 2.29. The maximum atomic E-state index is 10.5. The highest BCUT2D eigenvalue weighted by Crippen LogP contribution is 2.21. The van der Waals surface area contributed by atoms with Gasteiger partial charge in [0.1, 0.15) is 6.10 Å². The lowest BCUT2D eigenvalue weighted by Gasteiger charge is -2.19. The topological polar surface area (TPSA) is 63.4 Å². The van der Waals surface area contributed by atoms with E-state index in [1.165, 1.54) is 6.92 Å². The smallest absolute Gasteiger partial charge is 0.236 e. The van der Waals surface area contributed by atoms with Crippen LogP contribution in [0.25, 0.3) is 0 Å². The number of benzene rings is 1. The van der Waals surface area contributed by atoms with Gasteiger partial charge in [-0.25, -0.2) is 0 Å². The number of rotatable bonds is 4. The minimum absolute atomic E-state index is 0.230. The molecule has 1 rings (SSSR count). The van der Waals surface area contributed by atoms with E-state index < -0.39 is 17.1 Å². The zero-order chi connectivity index (χ0) is 11.4. The third-order valence-corrected chi connectivity index (χ3v) is 2.66. The molecule has 0 saturated heterocycles. The first kappa shape index (κ1) is 11.7. The molecule has 0 aliphatic rings. The molecule has 1 N–H and O–H groups in total. The molecule has 0 aliphatic heterocycles. The fraction of sp³-hybridized carbons (Fsp3) is 0.455. The van der Waals surface area contributed by atoms with Gasteiger partial charge in [-0.15, -0.1) is 0 Å². The lowest BCUT2D eigenvalue weighted by atomic mass is 9.92. The van der Waals surface area contributed by atoms with Gasteiger partial charge in [-0.05, 0) is 5.56 Å². The Balaban J connectivity index is 2.77. The van der Waals surface area contributed by atoms with Gasteiger partial charge in [0.25, 0.3) is 0 Å². The first-order valence-corrected chi connectivity index (χ1v) is 4.90. The molecule has 4 heteroatoms. The summed E-state index contributed by atoms with van der Waals surface area (Å²) in [5, 5.41) is 20.3. The quantitative estimate of drug-likeness (QED) is 0.607. The van der Waals surface area contributed by atoms with E-state index in [0.717, 1.165) is 5.56 Å². The fourth-order valence-corrected chi connectivity index (χ4v) is 1.50. The molecule has 0 aromatic heterocycles. The largest absolute Gasteiger partial charge is 0.385 e. The van der Waals surface area contributed by atoms with Crippen molar-refractivity contribution >= 4 is 0 Å². The molecule has 82 valence electrons. The van der Waals surface area contributed by atoms with Crippen LogP contribution in [0.5, 0.6) is 0 Å². The number of aliphatic hydroxyl groups excluding tert-OH is 1. The molecule has 0 heterocycles. The summed E-state index contributed by atoms with van der Waals surface area (Å²) >= 11 is 0.